The molecule has 0 saturated heterocycles. The first-order valence-corrected chi connectivity index (χ1v) is 7.08. The summed E-state index contributed by atoms with van der Waals surface area (Å²) in [6, 6.07) is 6.14. The van der Waals surface area contributed by atoms with E-state index in [1.54, 1.807) is 23.9 Å². The van der Waals surface area contributed by atoms with Gasteiger partial charge >= 0.3 is 5.97 Å². The molecular weight excluding hydrogens is 280 g/mol. The zero-order chi connectivity index (χ0) is 14.5. The predicted octanol–water partition coefficient (Wildman–Crippen LogP) is 2.49. The number of carbonyl (C=O) groups is 2. The van der Waals surface area contributed by atoms with Gasteiger partial charge in [-0.2, -0.15) is 11.8 Å². The number of hydrogen-bond donors (Lipinski definition) is 2. The number of anilines is 1. The van der Waals surface area contributed by atoms with Crippen LogP contribution in [0.5, 0.6) is 0 Å². The minimum Gasteiger partial charge on any atom is -0.477 e. The van der Waals surface area contributed by atoms with Crippen molar-refractivity contribution in [1.29, 1.82) is 0 Å². The summed E-state index contributed by atoms with van der Waals surface area (Å²) in [5.41, 5.74) is 0.325. The molecule has 2 heterocycles. The van der Waals surface area contributed by atoms with Crippen LogP contribution >= 0.6 is 11.8 Å². The number of aromatic carboxylic acids is 1. The Morgan fingerprint density at radius 1 is 1.35 bits per heavy atom. The fourth-order valence-electron chi connectivity index (χ4n) is 1.51. The van der Waals surface area contributed by atoms with Crippen molar-refractivity contribution in [2.75, 3.05) is 11.6 Å². The van der Waals surface area contributed by atoms with Gasteiger partial charge in [0.1, 0.15) is 11.5 Å². The van der Waals surface area contributed by atoms with Crippen molar-refractivity contribution in [3.8, 4) is 0 Å². The summed E-state index contributed by atoms with van der Waals surface area (Å²) in [4.78, 5) is 26.3. The quantitative estimate of drug-likeness (QED) is 0.879. The molecule has 2 aromatic rings. The van der Waals surface area contributed by atoms with E-state index in [-0.39, 0.29) is 11.5 Å². The molecule has 6 nitrogen and oxygen atoms in total. The molecule has 0 atom stereocenters. The third kappa shape index (κ3) is 3.39. The van der Waals surface area contributed by atoms with Gasteiger partial charge in [0, 0.05) is 0 Å². The number of nitrogens with one attached hydrogen (secondary N) is 1. The predicted molar refractivity (Wildman–Crippen MR) is 75.1 cm³/mol. The second kappa shape index (κ2) is 6.25. The molecule has 0 fully saturated rings. The molecule has 0 aliphatic carbocycles. The van der Waals surface area contributed by atoms with Crippen LogP contribution in [0.3, 0.4) is 0 Å². The topological polar surface area (TPSA) is 92.4 Å². The number of nitrogens with zero attached hydrogens (tertiary/aromatic N) is 1. The molecule has 0 radical (unpaired) electrons. The van der Waals surface area contributed by atoms with Crippen LogP contribution in [0.25, 0.3) is 0 Å². The summed E-state index contributed by atoms with van der Waals surface area (Å²) >= 11 is 1.60. The van der Waals surface area contributed by atoms with Crippen LogP contribution in [-0.2, 0) is 5.75 Å². The molecule has 104 valence electrons. The third-order valence-corrected chi connectivity index (χ3v) is 2.99. The van der Waals surface area contributed by atoms with Crippen molar-refractivity contribution in [1.82, 2.24) is 4.98 Å². The first-order chi connectivity index (χ1) is 9.60. The van der Waals surface area contributed by atoms with Gasteiger partial charge in [0.05, 0.1) is 17.6 Å². The Labute approximate surface area is 119 Å². The van der Waals surface area contributed by atoms with Gasteiger partial charge in [-0.3, -0.25) is 4.79 Å². The minimum atomic E-state index is -1.12. The summed E-state index contributed by atoms with van der Waals surface area (Å²) in [6.45, 7) is 0. The highest BCUT2D eigenvalue weighted by molar-refractivity contribution is 7.97. The molecule has 0 aliphatic heterocycles. The Bertz CT molecular complexity index is 622. The van der Waals surface area contributed by atoms with E-state index in [0.29, 0.717) is 11.4 Å². The highest BCUT2D eigenvalue weighted by Crippen LogP contribution is 2.15. The van der Waals surface area contributed by atoms with Crippen molar-refractivity contribution in [2.24, 2.45) is 0 Å². The monoisotopic (exact) mass is 292 g/mol. The normalized spacial score (nSPS) is 10.2. The number of carboxylic acid groups (broad SMARTS) is 1. The van der Waals surface area contributed by atoms with Crippen molar-refractivity contribution in [2.45, 2.75) is 5.75 Å². The van der Waals surface area contributed by atoms with E-state index in [1.807, 2.05) is 6.26 Å². The molecule has 0 saturated carbocycles. The molecule has 2 aromatic heterocycles. The number of rotatable bonds is 5. The first-order valence-electron chi connectivity index (χ1n) is 5.68. The van der Waals surface area contributed by atoms with Gasteiger partial charge in [0.2, 0.25) is 0 Å². The number of carbonyl (C=O) groups excluding carboxylic acids is 1. The van der Waals surface area contributed by atoms with Gasteiger partial charge in [0.25, 0.3) is 5.91 Å². The molecular formula is C13H12N2O4S. The molecule has 0 unspecified atom stereocenters. The van der Waals surface area contributed by atoms with Gasteiger partial charge in [-0.1, -0.05) is 0 Å². The Kier molecular flexibility index (Phi) is 4.41. The zero-order valence-corrected chi connectivity index (χ0v) is 11.4. The maximum Gasteiger partial charge on any atom is 0.354 e. The summed E-state index contributed by atoms with van der Waals surface area (Å²) in [6.07, 6.45) is 3.23. The van der Waals surface area contributed by atoms with E-state index in [4.69, 9.17) is 9.52 Å². The highest BCUT2D eigenvalue weighted by Gasteiger charge is 2.12. The van der Waals surface area contributed by atoms with Crippen LogP contribution in [0, 0.1) is 0 Å². The van der Waals surface area contributed by atoms with Crippen LogP contribution in [0.2, 0.25) is 0 Å². The van der Waals surface area contributed by atoms with E-state index in [2.05, 4.69) is 10.3 Å². The third-order valence-electron chi connectivity index (χ3n) is 2.41. The standard InChI is InChI=1S/C13H12N2O4S/c1-20-7-9-3-5-11(19-9)12(16)15-8-2-4-10(13(17)18)14-6-8/h2-6H,7H2,1H3,(H,15,16)(H,17,18). The maximum atomic E-state index is 11.9. The lowest BCUT2D eigenvalue weighted by Crippen LogP contribution is -2.11. The Balaban J connectivity index is 2.04. The van der Waals surface area contributed by atoms with Crippen LogP contribution < -0.4 is 5.32 Å². The fourth-order valence-corrected chi connectivity index (χ4v) is 1.95. The van der Waals surface area contributed by atoms with Crippen molar-refractivity contribution in [3.63, 3.8) is 0 Å². The van der Waals surface area contributed by atoms with Crippen LogP contribution in [0.4, 0.5) is 5.69 Å². The highest BCUT2D eigenvalue weighted by atomic mass is 32.2. The van der Waals surface area contributed by atoms with Crippen LogP contribution in [0.15, 0.2) is 34.9 Å². The van der Waals surface area contributed by atoms with E-state index in [9.17, 15) is 9.59 Å². The number of pyridine rings is 1. The molecule has 0 aliphatic rings. The largest absolute Gasteiger partial charge is 0.477 e. The van der Waals surface area contributed by atoms with Crippen molar-refractivity contribution in [3.05, 3.63) is 47.7 Å². The second-order valence-corrected chi connectivity index (χ2v) is 4.76. The van der Waals surface area contributed by atoms with E-state index < -0.39 is 11.9 Å². The number of aromatic nitrogens is 1. The summed E-state index contributed by atoms with van der Waals surface area (Å²) < 4.78 is 5.37. The molecule has 0 bridgehead atoms. The first kappa shape index (κ1) is 14.1. The molecule has 0 spiro atoms. The number of hydrogen-bond acceptors (Lipinski definition) is 5. The van der Waals surface area contributed by atoms with E-state index in [0.717, 1.165) is 5.76 Å². The van der Waals surface area contributed by atoms with Crippen molar-refractivity contribution < 1.29 is 19.1 Å². The van der Waals surface area contributed by atoms with Gasteiger partial charge in [-0.05, 0) is 30.5 Å². The van der Waals surface area contributed by atoms with Crippen LogP contribution in [-0.4, -0.2) is 28.2 Å². The van der Waals surface area contributed by atoms with E-state index in [1.165, 1.54) is 18.3 Å². The number of amides is 1. The zero-order valence-electron chi connectivity index (χ0n) is 10.6. The number of thioether (sulfide) groups is 1. The Morgan fingerprint density at radius 2 is 2.15 bits per heavy atom. The maximum absolute atomic E-state index is 11.9. The number of carboxylic acids is 1. The molecule has 20 heavy (non-hydrogen) atoms. The van der Waals surface area contributed by atoms with Gasteiger partial charge in [0.15, 0.2) is 5.76 Å². The lowest BCUT2D eigenvalue weighted by atomic mass is 10.3. The minimum absolute atomic E-state index is 0.0803. The van der Waals surface area contributed by atoms with Gasteiger partial charge < -0.3 is 14.8 Å². The average Bonchev–Trinajstić information content (AvgIpc) is 2.88. The van der Waals surface area contributed by atoms with Crippen molar-refractivity contribution >= 4 is 29.3 Å². The molecule has 1 amide bonds. The SMILES string of the molecule is CSCc1ccc(C(=O)Nc2ccc(C(=O)O)nc2)o1. The molecule has 2 rings (SSSR count). The van der Waals surface area contributed by atoms with Crippen LogP contribution in [0.1, 0.15) is 26.8 Å². The fraction of sp³-hybridized carbons (Fsp3) is 0.154. The average molecular weight is 292 g/mol. The second-order valence-electron chi connectivity index (χ2n) is 3.89. The summed E-state index contributed by atoms with van der Waals surface area (Å²) in [5.74, 6) is 0.110. The number of furan rings is 1. The van der Waals surface area contributed by atoms with Gasteiger partial charge in [-0.25, -0.2) is 9.78 Å². The van der Waals surface area contributed by atoms with Gasteiger partial charge in [-0.15, -0.1) is 0 Å². The molecule has 7 heteroatoms. The summed E-state index contributed by atoms with van der Waals surface area (Å²) in [7, 11) is 0. The Morgan fingerprint density at radius 3 is 2.75 bits per heavy atom. The Hall–Kier alpha value is -2.28. The molecule has 2 N–H and O–H groups in total. The van der Waals surface area contributed by atoms with E-state index >= 15 is 0 Å². The lowest BCUT2D eigenvalue weighted by Gasteiger charge is -2.02. The lowest BCUT2D eigenvalue weighted by molar-refractivity contribution is 0.0690. The summed E-state index contributed by atoms with van der Waals surface area (Å²) in [5, 5.41) is 11.3. The molecule has 0 aromatic carbocycles. The smallest absolute Gasteiger partial charge is 0.354 e.